The second-order valence-electron chi connectivity index (χ2n) is 4.33. The highest BCUT2D eigenvalue weighted by Gasteiger charge is 2.40. The summed E-state index contributed by atoms with van der Waals surface area (Å²) in [6, 6.07) is 3.54. The number of nitrogens with zero attached hydrogens (tertiary/aromatic N) is 2. The van der Waals surface area contributed by atoms with Gasteiger partial charge in [-0.05, 0) is 12.5 Å². The molecule has 0 amide bonds. The third-order valence-electron chi connectivity index (χ3n) is 3.11. The number of rotatable bonds is 3. The minimum atomic E-state index is -0.756. The number of nitro groups is 1. The third-order valence-corrected chi connectivity index (χ3v) is 3.11. The second kappa shape index (κ2) is 3.96. The van der Waals surface area contributed by atoms with E-state index >= 15 is 0 Å². The van der Waals surface area contributed by atoms with E-state index in [4.69, 9.17) is 0 Å². The lowest BCUT2D eigenvalue weighted by atomic mass is 9.91. The number of hydrogen-bond donors (Lipinski definition) is 1. The van der Waals surface area contributed by atoms with E-state index in [0.717, 1.165) is 6.07 Å². The molecule has 0 saturated carbocycles. The minimum absolute atomic E-state index is 0.266. The summed E-state index contributed by atoms with van der Waals surface area (Å²) in [6.45, 7) is 2.58. The van der Waals surface area contributed by atoms with E-state index in [1.807, 2.05) is 6.92 Å². The van der Waals surface area contributed by atoms with Crippen molar-refractivity contribution in [2.75, 3.05) is 18.0 Å². The number of non-ortho nitro benzene ring substituents is 1. The zero-order chi connectivity index (χ0) is 12.6. The van der Waals surface area contributed by atoms with Crippen LogP contribution in [0.15, 0.2) is 18.2 Å². The molecule has 1 saturated heterocycles. The summed E-state index contributed by atoms with van der Waals surface area (Å²) in [7, 11) is 0. The second-order valence-corrected chi connectivity index (χ2v) is 4.33. The first kappa shape index (κ1) is 11.8. The van der Waals surface area contributed by atoms with Crippen molar-refractivity contribution in [3.63, 3.8) is 0 Å². The van der Waals surface area contributed by atoms with Gasteiger partial charge in [-0.25, -0.2) is 4.39 Å². The van der Waals surface area contributed by atoms with Gasteiger partial charge in [-0.15, -0.1) is 0 Å². The summed E-state index contributed by atoms with van der Waals surface area (Å²) in [5.74, 6) is -0.627. The maximum Gasteiger partial charge on any atom is 0.272 e. The van der Waals surface area contributed by atoms with E-state index in [9.17, 15) is 19.6 Å². The maximum atomic E-state index is 13.6. The lowest BCUT2D eigenvalue weighted by Crippen LogP contribution is -2.61. The number of hydrogen-bond acceptors (Lipinski definition) is 4. The number of aliphatic hydroxyl groups is 1. The maximum absolute atomic E-state index is 13.6. The molecule has 0 bridgehead atoms. The number of nitro benzene ring substituents is 1. The van der Waals surface area contributed by atoms with Crippen LogP contribution in [-0.4, -0.2) is 28.7 Å². The number of halogens is 1. The van der Waals surface area contributed by atoms with E-state index in [1.165, 1.54) is 12.1 Å². The Morgan fingerprint density at radius 2 is 2.24 bits per heavy atom. The molecule has 1 fully saturated rings. The first-order valence-electron chi connectivity index (χ1n) is 5.36. The van der Waals surface area contributed by atoms with Gasteiger partial charge in [-0.2, -0.15) is 0 Å². The predicted molar refractivity (Wildman–Crippen MR) is 60.5 cm³/mol. The molecule has 1 aromatic rings. The fraction of sp³-hybridized carbons (Fsp3) is 0.455. The van der Waals surface area contributed by atoms with Gasteiger partial charge in [0.25, 0.3) is 5.69 Å². The molecule has 6 heteroatoms. The van der Waals surface area contributed by atoms with Gasteiger partial charge in [-0.1, -0.05) is 6.92 Å². The monoisotopic (exact) mass is 240 g/mol. The van der Waals surface area contributed by atoms with Crippen molar-refractivity contribution < 1.29 is 14.4 Å². The lowest BCUT2D eigenvalue weighted by molar-refractivity contribution is -0.385. The molecule has 0 spiro atoms. The van der Waals surface area contributed by atoms with E-state index < -0.39 is 16.3 Å². The summed E-state index contributed by atoms with van der Waals surface area (Å²) in [6.07, 6.45) is 0.609. The van der Waals surface area contributed by atoms with E-state index in [0.29, 0.717) is 25.2 Å². The smallest absolute Gasteiger partial charge is 0.272 e. The fourth-order valence-corrected chi connectivity index (χ4v) is 1.92. The quantitative estimate of drug-likeness (QED) is 0.645. The van der Waals surface area contributed by atoms with Crippen molar-refractivity contribution in [1.29, 1.82) is 0 Å². The molecule has 17 heavy (non-hydrogen) atoms. The number of benzene rings is 1. The van der Waals surface area contributed by atoms with Gasteiger partial charge in [0.15, 0.2) is 5.82 Å². The van der Waals surface area contributed by atoms with Crippen LogP contribution in [-0.2, 0) is 0 Å². The summed E-state index contributed by atoms with van der Waals surface area (Å²) < 4.78 is 13.6. The first-order valence-corrected chi connectivity index (χ1v) is 5.36. The standard InChI is InChI=1S/C11H13FN2O3/c1-2-11(15)6-13(7-11)10-4-3-8(14(16)17)5-9(10)12/h3-5,15H,2,6-7H2,1H3. The molecule has 0 atom stereocenters. The summed E-state index contributed by atoms with van der Waals surface area (Å²) in [5, 5.41) is 20.3. The molecule has 92 valence electrons. The summed E-state index contributed by atoms with van der Waals surface area (Å²) in [4.78, 5) is 11.5. The van der Waals surface area contributed by atoms with Crippen LogP contribution >= 0.6 is 0 Å². The van der Waals surface area contributed by atoms with Crippen molar-refractivity contribution in [3.05, 3.63) is 34.1 Å². The van der Waals surface area contributed by atoms with Gasteiger partial charge in [0, 0.05) is 19.2 Å². The topological polar surface area (TPSA) is 66.6 Å². The summed E-state index contributed by atoms with van der Waals surface area (Å²) in [5.41, 5.74) is -0.722. The van der Waals surface area contributed by atoms with Crippen molar-refractivity contribution in [2.45, 2.75) is 18.9 Å². The van der Waals surface area contributed by atoms with Crippen LogP contribution in [0.2, 0.25) is 0 Å². The molecule has 5 nitrogen and oxygen atoms in total. The zero-order valence-corrected chi connectivity index (χ0v) is 9.39. The van der Waals surface area contributed by atoms with Gasteiger partial charge < -0.3 is 10.0 Å². The average molecular weight is 240 g/mol. The first-order chi connectivity index (χ1) is 7.95. The Morgan fingerprint density at radius 3 is 2.71 bits per heavy atom. The normalized spacial score (nSPS) is 17.7. The Hall–Kier alpha value is -1.69. The number of β-amino-alcohol motifs (C(OH)–C–C–N with tert-alkyl or cyclic N) is 1. The number of anilines is 1. The van der Waals surface area contributed by atoms with Gasteiger partial charge in [0.1, 0.15) is 0 Å². The Labute approximate surface area is 97.6 Å². The molecule has 0 aliphatic carbocycles. The highest BCUT2D eigenvalue weighted by molar-refractivity contribution is 5.55. The van der Waals surface area contributed by atoms with E-state index in [2.05, 4.69) is 0 Å². The Kier molecular flexibility index (Phi) is 2.74. The molecule has 1 aromatic carbocycles. The largest absolute Gasteiger partial charge is 0.386 e. The Morgan fingerprint density at radius 1 is 1.59 bits per heavy atom. The highest BCUT2D eigenvalue weighted by Crippen LogP contribution is 2.32. The molecule has 1 aliphatic rings. The molecule has 2 rings (SSSR count). The van der Waals surface area contributed by atoms with Crippen LogP contribution in [0.1, 0.15) is 13.3 Å². The predicted octanol–water partition coefficient (Wildman–Crippen LogP) is 1.70. The van der Waals surface area contributed by atoms with Crippen molar-refractivity contribution in [2.24, 2.45) is 0 Å². The molecule has 1 N–H and O–H groups in total. The SMILES string of the molecule is CCC1(O)CN(c2ccc([N+](=O)[O-])cc2F)C1. The molecule has 0 radical (unpaired) electrons. The lowest BCUT2D eigenvalue weighted by Gasteiger charge is -2.47. The van der Waals surface area contributed by atoms with Gasteiger partial charge in [0.2, 0.25) is 0 Å². The molecule has 0 aromatic heterocycles. The Balaban J connectivity index is 2.17. The van der Waals surface area contributed by atoms with Crippen LogP contribution in [0, 0.1) is 15.9 Å². The van der Waals surface area contributed by atoms with E-state index in [1.54, 1.807) is 4.90 Å². The summed E-state index contributed by atoms with van der Waals surface area (Å²) >= 11 is 0. The van der Waals surface area contributed by atoms with Crippen molar-refractivity contribution in [3.8, 4) is 0 Å². The minimum Gasteiger partial charge on any atom is -0.386 e. The van der Waals surface area contributed by atoms with Crippen LogP contribution in [0.5, 0.6) is 0 Å². The van der Waals surface area contributed by atoms with Crippen LogP contribution < -0.4 is 4.90 Å². The van der Waals surface area contributed by atoms with Crippen LogP contribution in [0.4, 0.5) is 15.8 Å². The Bertz CT molecular complexity index is 458. The van der Waals surface area contributed by atoms with Gasteiger partial charge >= 0.3 is 0 Å². The van der Waals surface area contributed by atoms with E-state index in [-0.39, 0.29) is 5.69 Å². The molecule has 0 unspecified atom stereocenters. The van der Waals surface area contributed by atoms with Crippen LogP contribution in [0.25, 0.3) is 0 Å². The van der Waals surface area contributed by atoms with Gasteiger partial charge in [-0.3, -0.25) is 10.1 Å². The van der Waals surface area contributed by atoms with Gasteiger partial charge in [0.05, 0.1) is 22.3 Å². The molecule has 1 aliphatic heterocycles. The molecule has 1 heterocycles. The third kappa shape index (κ3) is 2.08. The van der Waals surface area contributed by atoms with Crippen molar-refractivity contribution in [1.82, 2.24) is 0 Å². The van der Waals surface area contributed by atoms with Crippen LogP contribution in [0.3, 0.4) is 0 Å². The fourth-order valence-electron chi connectivity index (χ4n) is 1.92. The zero-order valence-electron chi connectivity index (χ0n) is 9.39. The van der Waals surface area contributed by atoms with Crippen molar-refractivity contribution >= 4 is 11.4 Å². The molecular formula is C11H13FN2O3. The average Bonchev–Trinajstić information content (AvgIpc) is 2.25. The highest BCUT2D eigenvalue weighted by atomic mass is 19.1. The molecular weight excluding hydrogens is 227 g/mol.